The van der Waals surface area contributed by atoms with Gasteiger partial charge >= 0.3 is 0 Å². The SMILES string of the molecule is O=C(NC1CC=C(c2cnc(NCc3ccco3)n3cnnc23)CC1)c1ccccc1. The number of furan rings is 1. The van der Waals surface area contributed by atoms with Gasteiger partial charge in [0.2, 0.25) is 5.95 Å². The Bertz CT molecular complexity index is 1210. The lowest BCUT2D eigenvalue weighted by Crippen LogP contribution is -2.35. The van der Waals surface area contributed by atoms with Gasteiger partial charge in [0.25, 0.3) is 5.91 Å². The topological polar surface area (TPSA) is 97.3 Å². The van der Waals surface area contributed by atoms with Crippen LogP contribution in [-0.4, -0.2) is 31.5 Å². The second-order valence-corrected chi connectivity index (χ2v) is 7.49. The second-order valence-electron chi connectivity index (χ2n) is 7.49. The minimum absolute atomic E-state index is 0.0315. The van der Waals surface area contributed by atoms with E-state index in [4.69, 9.17) is 4.42 Å². The maximum absolute atomic E-state index is 12.4. The Morgan fingerprint density at radius 1 is 1.19 bits per heavy atom. The number of fused-ring (bicyclic) bond motifs is 1. The van der Waals surface area contributed by atoms with Crippen molar-refractivity contribution in [3.63, 3.8) is 0 Å². The van der Waals surface area contributed by atoms with Gasteiger partial charge < -0.3 is 15.1 Å². The molecule has 8 nitrogen and oxygen atoms in total. The Hall–Kier alpha value is -3.94. The summed E-state index contributed by atoms with van der Waals surface area (Å²) in [5.41, 5.74) is 3.58. The molecule has 156 valence electrons. The number of amides is 1. The first kappa shape index (κ1) is 19.0. The largest absolute Gasteiger partial charge is 0.467 e. The summed E-state index contributed by atoms with van der Waals surface area (Å²) in [7, 11) is 0. The molecular formula is C23H22N6O2. The first-order valence-corrected chi connectivity index (χ1v) is 10.3. The number of rotatable bonds is 6. The highest BCUT2D eigenvalue weighted by Crippen LogP contribution is 2.29. The van der Waals surface area contributed by atoms with Crippen LogP contribution < -0.4 is 10.6 Å². The average molecular weight is 414 g/mol. The van der Waals surface area contributed by atoms with Crippen LogP contribution in [0.4, 0.5) is 5.95 Å². The summed E-state index contributed by atoms with van der Waals surface area (Å²) in [6.45, 7) is 0.526. The summed E-state index contributed by atoms with van der Waals surface area (Å²) in [6, 6.07) is 13.2. The quantitative estimate of drug-likeness (QED) is 0.499. The molecule has 4 aromatic rings. The molecule has 0 bridgehead atoms. The number of aromatic nitrogens is 4. The molecule has 3 aromatic heterocycles. The maximum Gasteiger partial charge on any atom is 0.251 e. The zero-order valence-electron chi connectivity index (χ0n) is 16.9. The van der Waals surface area contributed by atoms with Gasteiger partial charge in [-0.05, 0) is 49.1 Å². The Kier molecular flexibility index (Phi) is 5.18. The van der Waals surface area contributed by atoms with Gasteiger partial charge in [0.15, 0.2) is 5.65 Å². The number of benzene rings is 1. The fraction of sp³-hybridized carbons (Fsp3) is 0.217. The van der Waals surface area contributed by atoms with Crippen molar-refractivity contribution in [2.75, 3.05) is 5.32 Å². The summed E-state index contributed by atoms with van der Waals surface area (Å²) in [5, 5.41) is 14.8. The van der Waals surface area contributed by atoms with Crippen LogP contribution in [0.5, 0.6) is 0 Å². The van der Waals surface area contributed by atoms with Crippen LogP contribution in [0.1, 0.15) is 40.9 Å². The van der Waals surface area contributed by atoms with Gasteiger partial charge in [0.1, 0.15) is 12.1 Å². The van der Waals surface area contributed by atoms with E-state index in [0.717, 1.165) is 36.2 Å². The van der Waals surface area contributed by atoms with Gasteiger partial charge in [-0.15, -0.1) is 10.2 Å². The van der Waals surface area contributed by atoms with Crippen molar-refractivity contribution in [2.24, 2.45) is 0 Å². The molecule has 0 fully saturated rings. The van der Waals surface area contributed by atoms with Crippen molar-refractivity contribution >= 4 is 23.1 Å². The van der Waals surface area contributed by atoms with E-state index in [9.17, 15) is 4.79 Å². The zero-order chi connectivity index (χ0) is 21.0. The standard InChI is InChI=1S/C23H22N6O2/c30-22(17-5-2-1-3-6-17)27-18-10-8-16(9-11-18)20-14-25-23(29-15-26-28-21(20)29)24-13-19-7-4-12-31-19/h1-8,12,14-15,18H,9-11,13H2,(H,24,25)(H,27,30). The van der Waals surface area contributed by atoms with E-state index in [-0.39, 0.29) is 11.9 Å². The normalized spacial score (nSPS) is 16.1. The fourth-order valence-electron chi connectivity index (χ4n) is 3.82. The van der Waals surface area contributed by atoms with Crippen LogP contribution in [0.15, 0.2) is 71.7 Å². The van der Waals surface area contributed by atoms with Gasteiger partial charge in [-0.25, -0.2) is 4.98 Å². The van der Waals surface area contributed by atoms with Crippen LogP contribution in [0.3, 0.4) is 0 Å². The second kappa shape index (κ2) is 8.43. The first-order chi connectivity index (χ1) is 15.3. The van der Waals surface area contributed by atoms with Crippen LogP contribution in [-0.2, 0) is 6.54 Å². The molecule has 2 N–H and O–H groups in total. The molecule has 0 aliphatic heterocycles. The molecule has 1 amide bonds. The van der Waals surface area contributed by atoms with Crippen molar-refractivity contribution in [3.05, 3.63) is 84.2 Å². The molecular weight excluding hydrogens is 392 g/mol. The van der Waals surface area contributed by atoms with E-state index in [1.54, 1.807) is 12.6 Å². The van der Waals surface area contributed by atoms with Gasteiger partial charge in [-0.3, -0.25) is 9.20 Å². The van der Waals surface area contributed by atoms with Crippen LogP contribution in [0.2, 0.25) is 0 Å². The monoisotopic (exact) mass is 414 g/mol. The van der Waals surface area contributed by atoms with Crippen LogP contribution in [0, 0.1) is 0 Å². The molecule has 1 aliphatic rings. The first-order valence-electron chi connectivity index (χ1n) is 10.3. The Morgan fingerprint density at radius 2 is 2.10 bits per heavy atom. The van der Waals surface area contributed by atoms with E-state index in [2.05, 4.69) is 31.9 Å². The molecule has 1 aliphatic carbocycles. The molecule has 0 radical (unpaired) electrons. The molecule has 31 heavy (non-hydrogen) atoms. The summed E-state index contributed by atoms with van der Waals surface area (Å²) in [4.78, 5) is 17.0. The summed E-state index contributed by atoms with van der Waals surface area (Å²) >= 11 is 0. The lowest BCUT2D eigenvalue weighted by Gasteiger charge is -2.23. The highest BCUT2D eigenvalue weighted by atomic mass is 16.3. The van der Waals surface area contributed by atoms with Crippen molar-refractivity contribution in [1.82, 2.24) is 24.9 Å². The molecule has 0 spiro atoms. The number of nitrogens with one attached hydrogen (secondary N) is 2. The lowest BCUT2D eigenvalue weighted by molar-refractivity contribution is 0.0935. The summed E-state index contributed by atoms with van der Waals surface area (Å²) in [6.07, 6.45) is 9.78. The zero-order valence-corrected chi connectivity index (χ0v) is 16.9. The van der Waals surface area contributed by atoms with Gasteiger partial charge in [0, 0.05) is 23.4 Å². The Labute approximate surface area is 179 Å². The minimum Gasteiger partial charge on any atom is -0.467 e. The third-order valence-corrected chi connectivity index (χ3v) is 5.46. The van der Waals surface area contributed by atoms with Gasteiger partial charge in [-0.2, -0.15) is 0 Å². The molecule has 1 unspecified atom stereocenters. The number of carbonyl (C=O) groups excluding carboxylic acids is 1. The van der Waals surface area contributed by atoms with Crippen molar-refractivity contribution in [3.8, 4) is 0 Å². The minimum atomic E-state index is -0.0315. The molecule has 1 atom stereocenters. The lowest BCUT2D eigenvalue weighted by atomic mass is 9.91. The molecule has 8 heteroatoms. The van der Waals surface area contributed by atoms with Crippen LogP contribution in [0.25, 0.3) is 11.2 Å². The van der Waals surface area contributed by atoms with Crippen LogP contribution >= 0.6 is 0 Å². The van der Waals surface area contributed by atoms with E-state index in [1.165, 1.54) is 5.57 Å². The highest BCUT2D eigenvalue weighted by molar-refractivity contribution is 5.94. The maximum atomic E-state index is 12.4. The Balaban J connectivity index is 1.29. The number of nitrogens with zero attached hydrogens (tertiary/aromatic N) is 4. The summed E-state index contributed by atoms with van der Waals surface area (Å²) in [5.74, 6) is 1.45. The molecule has 1 aromatic carbocycles. The van der Waals surface area contributed by atoms with E-state index < -0.39 is 0 Å². The fourth-order valence-corrected chi connectivity index (χ4v) is 3.82. The average Bonchev–Trinajstić information content (AvgIpc) is 3.51. The smallest absolute Gasteiger partial charge is 0.251 e. The summed E-state index contributed by atoms with van der Waals surface area (Å²) < 4.78 is 7.21. The van der Waals surface area contributed by atoms with E-state index in [0.29, 0.717) is 18.1 Å². The number of allylic oxidation sites excluding steroid dienone is 1. The number of hydrogen-bond donors (Lipinski definition) is 2. The highest BCUT2D eigenvalue weighted by Gasteiger charge is 2.20. The number of hydrogen-bond acceptors (Lipinski definition) is 6. The predicted molar refractivity (Wildman–Crippen MR) is 116 cm³/mol. The molecule has 3 heterocycles. The van der Waals surface area contributed by atoms with Gasteiger partial charge in [-0.1, -0.05) is 24.3 Å². The third-order valence-electron chi connectivity index (χ3n) is 5.46. The number of anilines is 1. The van der Waals surface area contributed by atoms with E-state index >= 15 is 0 Å². The third kappa shape index (κ3) is 4.05. The number of carbonyl (C=O) groups is 1. The molecule has 0 saturated carbocycles. The Morgan fingerprint density at radius 3 is 2.87 bits per heavy atom. The molecule has 0 saturated heterocycles. The van der Waals surface area contributed by atoms with Crippen molar-refractivity contribution in [2.45, 2.75) is 31.8 Å². The van der Waals surface area contributed by atoms with Gasteiger partial charge in [0.05, 0.1) is 12.8 Å². The predicted octanol–water partition coefficient (Wildman–Crippen LogP) is 3.70. The van der Waals surface area contributed by atoms with Crippen molar-refractivity contribution < 1.29 is 9.21 Å². The molecule has 5 rings (SSSR count). The van der Waals surface area contributed by atoms with E-state index in [1.807, 2.05) is 53.1 Å². The van der Waals surface area contributed by atoms with Crippen molar-refractivity contribution in [1.29, 1.82) is 0 Å².